The van der Waals surface area contributed by atoms with Crippen molar-refractivity contribution in [2.75, 3.05) is 20.3 Å². The second kappa shape index (κ2) is 4.65. The van der Waals surface area contributed by atoms with Gasteiger partial charge in [0, 0.05) is 18.4 Å². The van der Waals surface area contributed by atoms with E-state index in [1.54, 1.807) is 0 Å². The van der Waals surface area contributed by atoms with Crippen LogP contribution in [0.4, 0.5) is 0 Å². The van der Waals surface area contributed by atoms with Gasteiger partial charge in [-0.25, -0.2) is 0 Å². The fraction of sp³-hybridized carbons (Fsp3) is 0.600. The standard InChI is InChI=1S/C15H21NO2/c1-16-14(13-5-3-2-4-6-13)7-9-15(10-8-14)17-11-12-18-15/h2-6,16H,7-12H2,1H3. The Bertz CT molecular complexity index is 388. The number of ether oxygens (including phenoxy) is 2. The van der Waals surface area contributed by atoms with Crippen molar-refractivity contribution >= 4 is 0 Å². The molecule has 1 heterocycles. The van der Waals surface area contributed by atoms with Crippen LogP contribution in [0.3, 0.4) is 0 Å². The highest BCUT2D eigenvalue weighted by atomic mass is 16.7. The first-order valence-corrected chi connectivity index (χ1v) is 6.81. The fourth-order valence-electron chi connectivity index (χ4n) is 3.28. The van der Waals surface area contributed by atoms with E-state index in [2.05, 4.69) is 42.7 Å². The summed E-state index contributed by atoms with van der Waals surface area (Å²) in [5, 5.41) is 3.53. The van der Waals surface area contributed by atoms with Crippen molar-refractivity contribution < 1.29 is 9.47 Å². The molecule has 2 fully saturated rings. The van der Waals surface area contributed by atoms with Gasteiger partial charge in [-0.2, -0.15) is 0 Å². The van der Waals surface area contributed by atoms with E-state index in [0.29, 0.717) is 0 Å². The quantitative estimate of drug-likeness (QED) is 0.870. The maximum Gasteiger partial charge on any atom is 0.168 e. The summed E-state index contributed by atoms with van der Waals surface area (Å²) in [6, 6.07) is 10.7. The molecule has 1 N–H and O–H groups in total. The van der Waals surface area contributed by atoms with Gasteiger partial charge in [0.1, 0.15) is 0 Å². The fourth-order valence-corrected chi connectivity index (χ4v) is 3.28. The molecular weight excluding hydrogens is 226 g/mol. The summed E-state index contributed by atoms with van der Waals surface area (Å²) < 4.78 is 11.6. The summed E-state index contributed by atoms with van der Waals surface area (Å²) in [5.74, 6) is -0.283. The Morgan fingerprint density at radius 1 is 0.944 bits per heavy atom. The van der Waals surface area contributed by atoms with E-state index in [1.807, 2.05) is 0 Å². The highest BCUT2D eigenvalue weighted by Crippen LogP contribution is 2.44. The van der Waals surface area contributed by atoms with Crippen LogP contribution in [0.1, 0.15) is 31.2 Å². The molecule has 98 valence electrons. The molecule has 3 heteroatoms. The monoisotopic (exact) mass is 247 g/mol. The molecule has 0 aromatic heterocycles. The minimum atomic E-state index is -0.283. The van der Waals surface area contributed by atoms with E-state index >= 15 is 0 Å². The molecule has 0 atom stereocenters. The summed E-state index contributed by atoms with van der Waals surface area (Å²) >= 11 is 0. The van der Waals surface area contributed by atoms with Gasteiger partial charge in [0.15, 0.2) is 5.79 Å². The summed E-state index contributed by atoms with van der Waals surface area (Å²) in [6.07, 6.45) is 4.08. The van der Waals surface area contributed by atoms with Crippen LogP contribution >= 0.6 is 0 Å². The Morgan fingerprint density at radius 2 is 1.56 bits per heavy atom. The van der Waals surface area contributed by atoms with Gasteiger partial charge in [-0.05, 0) is 25.5 Å². The molecular formula is C15H21NO2. The zero-order chi connectivity index (χ0) is 12.5. The number of benzene rings is 1. The summed E-state index contributed by atoms with van der Waals surface area (Å²) in [6.45, 7) is 1.50. The predicted octanol–water partition coefficient (Wildman–Crippen LogP) is 2.42. The minimum Gasteiger partial charge on any atom is -0.348 e. The Hall–Kier alpha value is -0.900. The van der Waals surface area contributed by atoms with Crippen LogP contribution in [0.2, 0.25) is 0 Å². The van der Waals surface area contributed by atoms with Gasteiger partial charge in [-0.15, -0.1) is 0 Å². The van der Waals surface area contributed by atoms with E-state index in [9.17, 15) is 0 Å². The van der Waals surface area contributed by atoms with Crippen LogP contribution in [0.15, 0.2) is 30.3 Å². The molecule has 0 amide bonds. The van der Waals surface area contributed by atoms with Gasteiger partial charge in [-0.3, -0.25) is 0 Å². The van der Waals surface area contributed by atoms with Crippen molar-refractivity contribution in [2.24, 2.45) is 0 Å². The molecule has 2 aliphatic rings. The maximum atomic E-state index is 5.81. The van der Waals surface area contributed by atoms with Crippen LogP contribution in [0.25, 0.3) is 0 Å². The van der Waals surface area contributed by atoms with Crippen molar-refractivity contribution in [1.29, 1.82) is 0 Å². The lowest BCUT2D eigenvalue weighted by Crippen LogP contribution is -2.48. The van der Waals surface area contributed by atoms with Crippen LogP contribution in [-0.2, 0) is 15.0 Å². The number of hydrogen-bond acceptors (Lipinski definition) is 3. The van der Waals surface area contributed by atoms with Gasteiger partial charge < -0.3 is 14.8 Å². The Labute approximate surface area is 108 Å². The molecule has 3 rings (SSSR count). The summed E-state index contributed by atoms with van der Waals surface area (Å²) in [7, 11) is 2.06. The lowest BCUT2D eigenvalue weighted by molar-refractivity contribution is -0.186. The summed E-state index contributed by atoms with van der Waals surface area (Å²) in [5.41, 5.74) is 1.46. The zero-order valence-corrected chi connectivity index (χ0v) is 10.9. The normalized spacial score (nSPS) is 25.4. The summed E-state index contributed by atoms with van der Waals surface area (Å²) in [4.78, 5) is 0. The van der Waals surface area contributed by atoms with Crippen molar-refractivity contribution in [3.8, 4) is 0 Å². The third-order valence-electron chi connectivity index (χ3n) is 4.48. The van der Waals surface area contributed by atoms with Gasteiger partial charge in [0.2, 0.25) is 0 Å². The van der Waals surface area contributed by atoms with Crippen LogP contribution in [0, 0.1) is 0 Å². The molecule has 1 saturated carbocycles. The molecule has 1 aliphatic carbocycles. The van der Waals surface area contributed by atoms with Crippen LogP contribution < -0.4 is 5.32 Å². The van der Waals surface area contributed by atoms with Crippen molar-refractivity contribution in [2.45, 2.75) is 37.0 Å². The second-order valence-electron chi connectivity index (χ2n) is 5.31. The topological polar surface area (TPSA) is 30.5 Å². The van der Waals surface area contributed by atoms with Crippen molar-refractivity contribution in [3.63, 3.8) is 0 Å². The zero-order valence-electron chi connectivity index (χ0n) is 10.9. The SMILES string of the molecule is CNC1(c2ccccc2)CCC2(CC1)OCCO2. The van der Waals surface area contributed by atoms with E-state index in [0.717, 1.165) is 38.9 Å². The van der Waals surface area contributed by atoms with Gasteiger partial charge >= 0.3 is 0 Å². The molecule has 0 unspecified atom stereocenters. The first-order valence-electron chi connectivity index (χ1n) is 6.81. The number of hydrogen-bond donors (Lipinski definition) is 1. The first-order chi connectivity index (χ1) is 8.79. The molecule has 1 spiro atoms. The average molecular weight is 247 g/mol. The van der Waals surface area contributed by atoms with Crippen molar-refractivity contribution in [3.05, 3.63) is 35.9 Å². The van der Waals surface area contributed by atoms with Crippen LogP contribution in [-0.4, -0.2) is 26.0 Å². The molecule has 1 aliphatic heterocycles. The lowest BCUT2D eigenvalue weighted by Gasteiger charge is -2.44. The molecule has 0 radical (unpaired) electrons. The highest BCUT2D eigenvalue weighted by molar-refractivity contribution is 5.25. The van der Waals surface area contributed by atoms with E-state index in [-0.39, 0.29) is 11.3 Å². The second-order valence-corrected chi connectivity index (χ2v) is 5.31. The smallest absolute Gasteiger partial charge is 0.168 e. The van der Waals surface area contributed by atoms with E-state index < -0.39 is 0 Å². The van der Waals surface area contributed by atoms with Crippen LogP contribution in [0.5, 0.6) is 0 Å². The molecule has 1 saturated heterocycles. The Kier molecular flexibility index (Phi) is 3.14. The molecule has 1 aromatic rings. The lowest BCUT2D eigenvalue weighted by atomic mass is 9.74. The molecule has 3 nitrogen and oxygen atoms in total. The molecule has 0 bridgehead atoms. The minimum absolute atomic E-state index is 0.0851. The maximum absolute atomic E-state index is 5.81. The third kappa shape index (κ3) is 1.96. The Morgan fingerprint density at radius 3 is 2.11 bits per heavy atom. The first kappa shape index (κ1) is 12.2. The highest BCUT2D eigenvalue weighted by Gasteiger charge is 2.46. The predicted molar refractivity (Wildman–Crippen MR) is 70.3 cm³/mol. The van der Waals surface area contributed by atoms with Gasteiger partial charge in [0.25, 0.3) is 0 Å². The largest absolute Gasteiger partial charge is 0.348 e. The van der Waals surface area contributed by atoms with Gasteiger partial charge in [-0.1, -0.05) is 30.3 Å². The molecule has 18 heavy (non-hydrogen) atoms. The number of rotatable bonds is 2. The molecule has 1 aromatic carbocycles. The third-order valence-corrected chi connectivity index (χ3v) is 4.48. The van der Waals surface area contributed by atoms with Crippen molar-refractivity contribution in [1.82, 2.24) is 5.32 Å². The Balaban J connectivity index is 1.79. The van der Waals surface area contributed by atoms with E-state index in [1.165, 1.54) is 5.56 Å². The average Bonchev–Trinajstić information content (AvgIpc) is 2.90. The van der Waals surface area contributed by atoms with E-state index in [4.69, 9.17) is 9.47 Å². The van der Waals surface area contributed by atoms with Gasteiger partial charge in [0.05, 0.1) is 13.2 Å². The number of nitrogens with one attached hydrogen (secondary N) is 1.